The molecule has 2 N–H and O–H groups in total. The number of ether oxygens (including phenoxy) is 2. The smallest absolute Gasteiger partial charge is 0.407 e. The first-order chi connectivity index (χ1) is 13.3. The molecule has 0 spiro atoms. The zero-order valence-corrected chi connectivity index (χ0v) is 20.4. The molecule has 1 aliphatic rings. The molecule has 0 radical (unpaired) electrons. The van der Waals surface area contributed by atoms with Crippen molar-refractivity contribution in [1.29, 1.82) is 0 Å². The van der Waals surface area contributed by atoms with E-state index in [9.17, 15) is 4.79 Å². The predicted molar refractivity (Wildman–Crippen MR) is 128 cm³/mol. The molecule has 0 atom stereocenters. The van der Waals surface area contributed by atoms with E-state index in [1.165, 1.54) is 5.69 Å². The van der Waals surface area contributed by atoms with Gasteiger partial charge in [-0.1, -0.05) is 0 Å². The molecule has 29 heavy (non-hydrogen) atoms. The Morgan fingerprint density at radius 1 is 1.07 bits per heavy atom. The van der Waals surface area contributed by atoms with E-state index < -0.39 is 11.7 Å². The summed E-state index contributed by atoms with van der Waals surface area (Å²) in [6, 6.07) is 8.15. The van der Waals surface area contributed by atoms with Crippen LogP contribution in [0.3, 0.4) is 0 Å². The lowest BCUT2D eigenvalue weighted by Gasteiger charge is -2.37. The highest BCUT2D eigenvalue weighted by atomic mass is 127. The van der Waals surface area contributed by atoms with Gasteiger partial charge in [-0.15, -0.1) is 24.0 Å². The van der Waals surface area contributed by atoms with E-state index in [2.05, 4.69) is 37.6 Å². The van der Waals surface area contributed by atoms with Crippen molar-refractivity contribution in [3.63, 3.8) is 0 Å². The van der Waals surface area contributed by atoms with Gasteiger partial charge in [-0.25, -0.2) is 4.79 Å². The fraction of sp³-hybridized carbons (Fsp3) is 0.600. The number of methoxy groups -OCH3 is 1. The maximum Gasteiger partial charge on any atom is 0.407 e. The van der Waals surface area contributed by atoms with E-state index in [0.717, 1.165) is 37.9 Å². The van der Waals surface area contributed by atoms with Crippen LogP contribution in [0.15, 0.2) is 29.3 Å². The minimum absolute atomic E-state index is 0. The van der Waals surface area contributed by atoms with Crippen molar-refractivity contribution in [1.82, 2.24) is 15.5 Å². The molecule has 0 aliphatic carbocycles. The van der Waals surface area contributed by atoms with E-state index >= 15 is 0 Å². The Kier molecular flexibility index (Phi) is 10.3. The first-order valence-electron chi connectivity index (χ1n) is 9.64. The first-order valence-corrected chi connectivity index (χ1v) is 9.64. The average Bonchev–Trinajstić information content (AvgIpc) is 2.67. The predicted octanol–water partition coefficient (Wildman–Crippen LogP) is 2.54. The van der Waals surface area contributed by atoms with Gasteiger partial charge in [-0.2, -0.15) is 0 Å². The summed E-state index contributed by atoms with van der Waals surface area (Å²) in [6.45, 7) is 10.2. The largest absolute Gasteiger partial charge is 0.497 e. The molecule has 1 amide bonds. The Labute approximate surface area is 191 Å². The number of nitrogens with one attached hydrogen (secondary N) is 2. The van der Waals surface area contributed by atoms with Crippen molar-refractivity contribution in [2.75, 3.05) is 58.3 Å². The van der Waals surface area contributed by atoms with E-state index in [1.54, 1.807) is 14.2 Å². The van der Waals surface area contributed by atoms with Gasteiger partial charge in [0, 0.05) is 52.0 Å². The number of alkyl carbamates (subject to hydrolysis) is 1. The van der Waals surface area contributed by atoms with Crippen LogP contribution in [0, 0.1) is 0 Å². The highest BCUT2D eigenvalue weighted by Crippen LogP contribution is 2.20. The Hall–Kier alpha value is -1.91. The van der Waals surface area contributed by atoms with Gasteiger partial charge in [0.05, 0.1) is 7.11 Å². The van der Waals surface area contributed by atoms with Gasteiger partial charge in [-0.05, 0) is 45.0 Å². The van der Waals surface area contributed by atoms with Gasteiger partial charge in [0.2, 0.25) is 0 Å². The molecule has 0 aromatic heterocycles. The highest BCUT2D eigenvalue weighted by Gasteiger charge is 2.20. The molecular formula is C20H34IN5O3. The number of hydrogen-bond donors (Lipinski definition) is 2. The molecule has 1 saturated heterocycles. The van der Waals surface area contributed by atoms with Crippen LogP contribution < -0.4 is 20.3 Å². The van der Waals surface area contributed by atoms with Crippen LogP contribution in [-0.4, -0.2) is 76.0 Å². The van der Waals surface area contributed by atoms with E-state index in [4.69, 9.17) is 9.47 Å². The van der Waals surface area contributed by atoms with Crippen LogP contribution in [0.25, 0.3) is 0 Å². The Morgan fingerprint density at radius 3 is 2.17 bits per heavy atom. The summed E-state index contributed by atoms with van der Waals surface area (Å²) in [5.74, 6) is 1.72. The Bertz CT molecular complexity index is 653. The quantitative estimate of drug-likeness (QED) is 0.270. The lowest BCUT2D eigenvalue weighted by atomic mass is 10.2. The maximum absolute atomic E-state index is 11.7. The van der Waals surface area contributed by atoms with E-state index in [0.29, 0.717) is 13.1 Å². The number of rotatable bonds is 5. The fourth-order valence-electron chi connectivity index (χ4n) is 2.95. The number of benzene rings is 1. The number of carbonyl (C=O) groups excluding carboxylic acids is 1. The fourth-order valence-corrected chi connectivity index (χ4v) is 2.95. The topological polar surface area (TPSA) is 78.4 Å². The number of aliphatic imine (C=N–C) groups is 1. The van der Waals surface area contributed by atoms with Crippen LogP contribution in [0.2, 0.25) is 0 Å². The van der Waals surface area contributed by atoms with Gasteiger partial charge in [0.15, 0.2) is 5.96 Å². The number of carbonyl (C=O) groups is 1. The molecule has 8 nitrogen and oxygen atoms in total. The maximum atomic E-state index is 11.7. The van der Waals surface area contributed by atoms with Crippen molar-refractivity contribution in [2.24, 2.45) is 4.99 Å². The highest BCUT2D eigenvalue weighted by molar-refractivity contribution is 14.0. The van der Waals surface area contributed by atoms with Gasteiger partial charge in [0.1, 0.15) is 11.4 Å². The van der Waals surface area contributed by atoms with Gasteiger partial charge < -0.3 is 29.9 Å². The summed E-state index contributed by atoms with van der Waals surface area (Å²) < 4.78 is 10.4. The lowest BCUT2D eigenvalue weighted by Crippen LogP contribution is -2.53. The molecule has 0 saturated carbocycles. The molecule has 2 rings (SSSR count). The Balaban J connectivity index is 0.00000420. The summed E-state index contributed by atoms with van der Waals surface area (Å²) in [5.41, 5.74) is 0.710. The van der Waals surface area contributed by atoms with Gasteiger partial charge in [0.25, 0.3) is 0 Å². The zero-order valence-electron chi connectivity index (χ0n) is 18.0. The molecular weight excluding hydrogens is 485 g/mol. The Morgan fingerprint density at radius 2 is 1.66 bits per heavy atom. The summed E-state index contributed by atoms with van der Waals surface area (Å²) in [4.78, 5) is 20.6. The molecule has 164 valence electrons. The second-order valence-electron chi connectivity index (χ2n) is 7.57. The minimum Gasteiger partial charge on any atom is -0.497 e. The third-order valence-electron chi connectivity index (χ3n) is 4.30. The monoisotopic (exact) mass is 519 g/mol. The number of guanidine groups is 1. The van der Waals surface area contributed by atoms with Gasteiger partial charge in [-0.3, -0.25) is 4.99 Å². The summed E-state index contributed by atoms with van der Waals surface area (Å²) in [6.07, 6.45) is -0.405. The molecule has 1 heterocycles. The molecule has 1 aromatic carbocycles. The van der Waals surface area contributed by atoms with Crippen molar-refractivity contribution < 1.29 is 14.3 Å². The summed E-state index contributed by atoms with van der Waals surface area (Å²) in [5, 5.41) is 6.04. The normalized spacial score (nSPS) is 14.7. The van der Waals surface area contributed by atoms with Crippen LogP contribution in [-0.2, 0) is 4.74 Å². The summed E-state index contributed by atoms with van der Waals surface area (Å²) >= 11 is 0. The molecule has 1 fully saturated rings. The minimum atomic E-state index is -0.489. The number of nitrogens with zero attached hydrogens (tertiary/aromatic N) is 3. The molecule has 9 heteroatoms. The third kappa shape index (κ3) is 8.55. The third-order valence-corrected chi connectivity index (χ3v) is 4.30. The molecule has 0 unspecified atom stereocenters. The number of anilines is 1. The number of amides is 1. The van der Waals surface area contributed by atoms with Crippen LogP contribution in [0.4, 0.5) is 10.5 Å². The van der Waals surface area contributed by atoms with Crippen molar-refractivity contribution in [3.05, 3.63) is 24.3 Å². The standard InChI is InChI=1S/C20H33N5O3.HI/c1-20(2,3)28-19(26)23-11-10-22-18(21-4)25-14-12-24(13-15-25)16-6-8-17(27-5)9-7-16;/h6-9H,10-15H2,1-5H3,(H,21,22)(H,23,26);1H. The van der Waals surface area contributed by atoms with Crippen LogP contribution in [0.1, 0.15) is 20.8 Å². The van der Waals surface area contributed by atoms with Crippen molar-refractivity contribution >= 4 is 41.7 Å². The average molecular weight is 519 g/mol. The number of halogens is 1. The number of hydrogen-bond acceptors (Lipinski definition) is 5. The van der Waals surface area contributed by atoms with Crippen molar-refractivity contribution in [3.8, 4) is 5.75 Å². The van der Waals surface area contributed by atoms with Gasteiger partial charge >= 0.3 is 6.09 Å². The second-order valence-corrected chi connectivity index (χ2v) is 7.57. The second kappa shape index (κ2) is 11.9. The molecule has 0 bridgehead atoms. The molecule has 1 aliphatic heterocycles. The zero-order chi connectivity index (χ0) is 20.6. The molecule has 1 aromatic rings. The van der Waals surface area contributed by atoms with E-state index in [1.807, 2.05) is 32.9 Å². The van der Waals surface area contributed by atoms with Crippen molar-refractivity contribution in [2.45, 2.75) is 26.4 Å². The summed E-state index contributed by atoms with van der Waals surface area (Å²) in [7, 11) is 3.45. The SMILES string of the molecule is CN=C(NCCNC(=O)OC(C)(C)C)N1CCN(c2ccc(OC)cc2)CC1.I. The van der Waals surface area contributed by atoms with E-state index in [-0.39, 0.29) is 24.0 Å². The van der Waals surface area contributed by atoms with Crippen LogP contribution >= 0.6 is 24.0 Å². The lowest BCUT2D eigenvalue weighted by molar-refractivity contribution is 0.0529. The first kappa shape index (κ1) is 25.1. The number of piperazine rings is 1. The van der Waals surface area contributed by atoms with Crippen LogP contribution in [0.5, 0.6) is 5.75 Å².